The first-order valence-electron chi connectivity index (χ1n) is 5.53. The second kappa shape index (κ2) is 5.14. The lowest BCUT2D eigenvalue weighted by atomic mass is 10.1. The van der Waals surface area contributed by atoms with Crippen molar-refractivity contribution in [2.45, 2.75) is 18.9 Å². The van der Waals surface area contributed by atoms with Crippen molar-refractivity contribution < 1.29 is 9.18 Å². The second-order valence-corrected chi connectivity index (χ2v) is 5.22. The lowest BCUT2D eigenvalue weighted by Crippen LogP contribution is -2.33. The predicted octanol–water partition coefficient (Wildman–Crippen LogP) is 1.69. The smallest absolute Gasteiger partial charge is 0.227 e. The molecule has 0 radical (unpaired) electrons. The highest BCUT2D eigenvalue weighted by Crippen LogP contribution is 2.17. The van der Waals surface area contributed by atoms with Crippen molar-refractivity contribution in [2.24, 2.45) is 5.73 Å². The molecule has 0 aliphatic carbocycles. The summed E-state index contributed by atoms with van der Waals surface area (Å²) in [6.07, 6.45) is 0.921. The van der Waals surface area contributed by atoms with Crippen molar-refractivity contribution in [3.05, 3.63) is 34.1 Å². The molecule has 1 aliphatic rings. The molecule has 1 fully saturated rings. The molecule has 1 aromatic carbocycles. The van der Waals surface area contributed by atoms with E-state index in [1.54, 1.807) is 17.0 Å². The van der Waals surface area contributed by atoms with Crippen molar-refractivity contribution in [3.63, 3.8) is 0 Å². The van der Waals surface area contributed by atoms with Crippen molar-refractivity contribution in [1.29, 1.82) is 0 Å². The lowest BCUT2D eigenvalue weighted by molar-refractivity contribution is -0.129. The van der Waals surface area contributed by atoms with Gasteiger partial charge in [-0.3, -0.25) is 4.79 Å². The summed E-state index contributed by atoms with van der Waals surface area (Å²) in [5, 5.41) is 0. The van der Waals surface area contributed by atoms with Gasteiger partial charge in [0, 0.05) is 23.6 Å². The quantitative estimate of drug-likeness (QED) is 0.903. The molecule has 17 heavy (non-hydrogen) atoms. The molecule has 1 aromatic rings. The minimum Gasteiger partial charge on any atom is -0.341 e. The van der Waals surface area contributed by atoms with Crippen LogP contribution in [0.2, 0.25) is 0 Å². The number of amides is 1. The van der Waals surface area contributed by atoms with E-state index in [9.17, 15) is 9.18 Å². The third kappa shape index (κ3) is 3.04. The number of nitrogens with two attached hydrogens (primary N) is 1. The molecule has 0 unspecified atom stereocenters. The van der Waals surface area contributed by atoms with E-state index in [4.69, 9.17) is 5.73 Å². The van der Waals surface area contributed by atoms with Crippen molar-refractivity contribution in [3.8, 4) is 0 Å². The van der Waals surface area contributed by atoms with Crippen LogP contribution in [0.1, 0.15) is 12.0 Å². The number of carbonyl (C=O) groups excluding carboxylic acids is 1. The molecule has 92 valence electrons. The van der Waals surface area contributed by atoms with E-state index in [0.717, 1.165) is 10.9 Å². The summed E-state index contributed by atoms with van der Waals surface area (Å²) in [7, 11) is 0. The number of likely N-dealkylation sites (tertiary alicyclic amines) is 1. The number of nitrogens with zero attached hydrogens (tertiary/aromatic N) is 1. The first-order chi connectivity index (χ1) is 8.06. The van der Waals surface area contributed by atoms with Gasteiger partial charge in [0.05, 0.1) is 6.42 Å². The van der Waals surface area contributed by atoms with Crippen molar-refractivity contribution in [2.75, 3.05) is 13.1 Å². The van der Waals surface area contributed by atoms with E-state index in [2.05, 4.69) is 15.9 Å². The number of hydrogen-bond acceptors (Lipinski definition) is 2. The van der Waals surface area contributed by atoms with Gasteiger partial charge in [0.25, 0.3) is 0 Å². The number of hydrogen-bond donors (Lipinski definition) is 1. The second-order valence-electron chi connectivity index (χ2n) is 4.30. The van der Waals surface area contributed by atoms with E-state index in [-0.39, 0.29) is 24.2 Å². The van der Waals surface area contributed by atoms with Crippen LogP contribution in [0, 0.1) is 5.82 Å². The maximum atomic E-state index is 13.5. The predicted molar refractivity (Wildman–Crippen MR) is 67.0 cm³/mol. The number of benzene rings is 1. The number of rotatable bonds is 2. The van der Waals surface area contributed by atoms with Crippen LogP contribution in [0.25, 0.3) is 0 Å². The average molecular weight is 301 g/mol. The third-order valence-electron chi connectivity index (χ3n) is 2.93. The summed E-state index contributed by atoms with van der Waals surface area (Å²) >= 11 is 3.27. The van der Waals surface area contributed by atoms with Gasteiger partial charge in [0.2, 0.25) is 5.91 Å². The van der Waals surface area contributed by atoms with Crippen molar-refractivity contribution >= 4 is 21.8 Å². The van der Waals surface area contributed by atoms with E-state index in [0.29, 0.717) is 18.7 Å². The Morgan fingerprint density at radius 1 is 1.59 bits per heavy atom. The van der Waals surface area contributed by atoms with Gasteiger partial charge in [0.15, 0.2) is 0 Å². The summed E-state index contributed by atoms with van der Waals surface area (Å²) in [4.78, 5) is 13.6. The molecule has 2 rings (SSSR count). The van der Waals surface area contributed by atoms with Crippen LogP contribution in [-0.2, 0) is 11.2 Å². The molecular weight excluding hydrogens is 287 g/mol. The molecule has 3 nitrogen and oxygen atoms in total. The van der Waals surface area contributed by atoms with Gasteiger partial charge in [-0.05, 0) is 30.2 Å². The maximum absolute atomic E-state index is 13.5. The largest absolute Gasteiger partial charge is 0.341 e. The van der Waals surface area contributed by atoms with E-state index < -0.39 is 0 Å². The van der Waals surface area contributed by atoms with Gasteiger partial charge in [0.1, 0.15) is 5.82 Å². The lowest BCUT2D eigenvalue weighted by Gasteiger charge is -2.16. The van der Waals surface area contributed by atoms with Crippen LogP contribution < -0.4 is 5.73 Å². The fourth-order valence-electron chi connectivity index (χ4n) is 1.97. The standard InChI is InChI=1S/C12H14BrFN2O/c13-9-1-2-11(14)8(5-9)6-12(17)16-4-3-10(15)7-16/h1-2,5,10H,3-4,6-7,15H2/t10-/m1/s1. The molecule has 5 heteroatoms. The molecule has 1 saturated heterocycles. The van der Waals surface area contributed by atoms with Crippen molar-refractivity contribution in [1.82, 2.24) is 4.90 Å². The van der Waals surface area contributed by atoms with Gasteiger partial charge >= 0.3 is 0 Å². The Morgan fingerprint density at radius 2 is 2.35 bits per heavy atom. The van der Waals surface area contributed by atoms with E-state index >= 15 is 0 Å². The zero-order valence-corrected chi connectivity index (χ0v) is 10.9. The Balaban J connectivity index is 2.05. The summed E-state index contributed by atoms with van der Waals surface area (Å²) in [5.74, 6) is -0.403. The van der Waals surface area contributed by atoms with E-state index in [1.165, 1.54) is 6.07 Å². The summed E-state index contributed by atoms with van der Waals surface area (Å²) < 4.78 is 14.3. The Hall–Kier alpha value is -0.940. The summed E-state index contributed by atoms with van der Waals surface area (Å²) in [6, 6.07) is 4.69. The zero-order chi connectivity index (χ0) is 12.4. The fraction of sp³-hybridized carbons (Fsp3) is 0.417. The highest BCUT2D eigenvalue weighted by molar-refractivity contribution is 9.10. The molecule has 0 aromatic heterocycles. The van der Waals surface area contributed by atoms with Crippen LogP contribution in [0.3, 0.4) is 0 Å². The first-order valence-corrected chi connectivity index (χ1v) is 6.33. The van der Waals surface area contributed by atoms with Gasteiger partial charge in [-0.25, -0.2) is 4.39 Å². The topological polar surface area (TPSA) is 46.3 Å². The average Bonchev–Trinajstić information content (AvgIpc) is 2.70. The Bertz CT molecular complexity index is 439. The highest BCUT2D eigenvalue weighted by atomic mass is 79.9. The summed E-state index contributed by atoms with van der Waals surface area (Å²) in [6.45, 7) is 1.25. The molecule has 1 aliphatic heterocycles. The minimum absolute atomic E-state index is 0.0602. The van der Waals surface area contributed by atoms with Gasteiger partial charge in [-0.2, -0.15) is 0 Å². The minimum atomic E-state index is -0.343. The molecule has 0 spiro atoms. The Kier molecular flexibility index (Phi) is 3.79. The summed E-state index contributed by atoms with van der Waals surface area (Å²) in [5.41, 5.74) is 6.16. The molecule has 2 N–H and O–H groups in total. The third-order valence-corrected chi connectivity index (χ3v) is 3.42. The zero-order valence-electron chi connectivity index (χ0n) is 9.33. The SMILES string of the molecule is N[C@@H]1CCN(C(=O)Cc2cc(Br)ccc2F)C1. The molecule has 1 atom stereocenters. The van der Waals surface area contributed by atoms with Crippen LogP contribution in [0.4, 0.5) is 4.39 Å². The Morgan fingerprint density at radius 3 is 3.00 bits per heavy atom. The number of halogens is 2. The van der Waals surface area contributed by atoms with Crippen LogP contribution in [0.5, 0.6) is 0 Å². The number of carbonyl (C=O) groups is 1. The normalized spacial score (nSPS) is 19.7. The van der Waals surface area contributed by atoms with Gasteiger partial charge < -0.3 is 10.6 Å². The molecule has 1 amide bonds. The molecular formula is C12H14BrFN2O. The van der Waals surface area contributed by atoms with Crippen LogP contribution >= 0.6 is 15.9 Å². The highest BCUT2D eigenvalue weighted by Gasteiger charge is 2.24. The van der Waals surface area contributed by atoms with Crippen LogP contribution in [-0.4, -0.2) is 29.9 Å². The monoisotopic (exact) mass is 300 g/mol. The Labute approximate surface area is 108 Å². The molecule has 0 saturated carbocycles. The first kappa shape index (κ1) is 12.5. The van der Waals surface area contributed by atoms with Gasteiger partial charge in [-0.1, -0.05) is 15.9 Å². The van der Waals surface area contributed by atoms with Gasteiger partial charge in [-0.15, -0.1) is 0 Å². The van der Waals surface area contributed by atoms with E-state index in [1.807, 2.05) is 0 Å². The van der Waals surface area contributed by atoms with Crippen LogP contribution in [0.15, 0.2) is 22.7 Å². The molecule has 1 heterocycles. The fourth-order valence-corrected chi connectivity index (χ4v) is 2.38. The maximum Gasteiger partial charge on any atom is 0.227 e. The molecule has 0 bridgehead atoms.